The van der Waals surface area contributed by atoms with Crippen LogP contribution in [0.15, 0.2) is 12.1 Å². The molecule has 0 saturated heterocycles. The Bertz CT molecular complexity index is 562. The number of rotatable bonds is 4. The monoisotopic (exact) mass is 250 g/mol. The molecule has 0 spiro atoms. The van der Waals surface area contributed by atoms with Crippen LogP contribution in [0.4, 0.5) is 5.95 Å². The molecule has 0 radical (unpaired) electrons. The second-order valence-corrected chi connectivity index (χ2v) is 4.75. The van der Waals surface area contributed by atoms with Crippen LogP contribution in [0.2, 0.25) is 0 Å². The zero-order valence-electron chi connectivity index (χ0n) is 11.1. The second kappa shape index (κ2) is 4.45. The molecule has 0 aromatic carbocycles. The summed E-state index contributed by atoms with van der Waals surface area (Å²) in [6, 6.07) is 3.61. The van der Waals surface area contributed by atoms with E-state index in [1.165, 1.54) is 0 Å². The molecule has 18 heavy (non-hydrogen) atoms. The van der Waals surface area contributed by atoms with Gasteiger partial charge in [0.1, 0.15) is 5.52 Å². The van der Waals surface area contributed by atoms with Crippen molar-refractivity contribution in [1.29, 1.82) is 0 Å². The Labute approximate surface area is 106 Å². The maximum Gasteiger partial charge on any atom is 0.215 e. The van der Waals surface area contributed by atoms with Crippen molar-refractivity contribution < 1.29 is 9.47 Å². The van der Waals surface area contributed by atoms with Gasteiger partial charge < -0.3 is 15.2 Å². The standard InChI is InChI=1S/C12H18N4O2/c1-12(2,7-17-3)16-10-8(14-11(16)13)5-6-9(15-10)18-4/h5-6H,7H2,1-4H3,(H2,13,14). The molecule has 2 aromatic heterocycles. The van der Waals surface area contributed by atoms with E-state index in [2.05, 4.69) is 9.97 Å². The van der Waals surface area contributed by atoms with Crippen molar-refractivity contribution >= 4 is 17.1 Å². The number of aromatic nitrogens is 3. The minimum Gasteiger partial charge on any atom is -0.481 e. The molecule has 0 bridgehead atoms. The molecule has 2 N–H and O–H groups in total. The van der Waals surface area contributed by atoms with Crippen LogP contribution in [0.1, 0.15) is 13.8 Å². The third kappa shape index (κ3) is 1.99. The van der Waals surface area contributed by atoms with Crippen molar-refractivity contribution in [3.63, 3.8) is 0 Å². The van der Waals surface area contributed by atoms with Gasteiger partial charge in [-0.1, -0.05) is 0 Å². The first kappa shape index (κ1) is 12.6. The summed E-state index contributed by atoms with van der Waals surface area (Å²) in [6.45, 7) is 4.56. The van der Waals surface area contributed by atoms with Gasteiger partial charge in [-0.05, 0) is 19.9 Å². The Morgan fingerprint density at radius 1 is 1.28 bits per heavy atom. The number of nitrogens with zero attached hydrogens (tertiary/aromatic N) is 3. The van der Waals surface area contributed by atoms with Crippen LogP contribution in [0.25, 0.3) is 11.2 Å². The Balaban J connectivity index is 2.64. The van der Waals surface area contributed by atoms with Gasteiger partial charge in [-0.2, -0.15) is 4.98 Å². The molecular formula is C12H18N4O2. The fraction of sp³-hybridized carbons (Fsp3) is 0.500. The number of hydrogen-bond donors (Lipinski definition) is 1. The second-order valence-electron chi connectivity index (χ2n) is 4.75. The largest absolute Gasteiger partial charge is 0.481 e. The van der Waals surface area contributed by atoms with E-state index in [1.807, 2.05) is 24.5 Å². The Morgan fingerprint density at radius 3 is 2.61 bits per heavy atom. The van der Waals surface area contributed by atoms with E-state index in [0.29, 0.717) is 24.1 Å². The van der Waals surface area contributed by atoms with Crippen molar-refractivity contribution in [2.75, 3.05) is 26.6 Å². The Hall–Kier alpha value is -1.82. The Kier molecular flexibility index (Phi) is 3.13. The van der Waals surface area contributed by atoms with E-state index in [9.17, 15) is 0 Å². The number of fused-ring (bicyclic) bond motifs is 1. The summed E-state index contributed by atoms with van der Waals surface area (Å²) < 4.78 is 12.2. The summed E-state index contributed by atoms with van der Waals surface area (Å²) in [5, 5.41) is 0. The molecule has 2 heterocycles. The number of pyridine rings is 1. The molecule has 0 atom stereocenters. The van der Waals surface area contributed by atoms with Crippen LogP contribution in [-0.2, 0) is 10.3 Å². The minimum absolute atomic E-state index is 0.326. The maximum atomic E-state index is 5.98. The van der Waals surface area contributed by atoms with E-state index in [4.69, 9.17) is 15.2 Å². The molecule has 0 aliphatic rings. The Morgan fingerprint density at radius 2 is 2.00 bits per heavy atom. The number of ether oxygens (including phenoxy) is 2. The van der Waals surface area contributed by atoms with Gasteiger partial charge in [-0.3, -0.25) is 4.57 Å². The van der Waals surface area contributed by atoms with Crippen LogP contribution < -0.4 is 10.5 Å². The van der Waals surface area contributed by atoms with Gasteiger partial charge in [0.15, 0.2) is 5.65 Å². The first-order valence-electron chi connectivity index (χ1n) is 5.68. The fourth-order valence-corrected chi connectivity index (χ4v) is 2.09. The highest BCUT2D eigenvalue weighted by Gasteiger charge is 2.26. The third-order valence-corrected chi connectivity index (χ3v) is 2.82. The summed E-state index contributed by atoms with van der Waals surface area (Å²) in [6.07, 6.45) is 0. The highest BCUT2D eigenvalue weighted by molar-refractivity contribution is 5.75. The zero-order valence-corrected chi connectivity index (χ0v) is 11.1. The summed E-state index contributed by atoms with van der Waals surface area (Å²) in [5.74, 6) is 0.963. The van der Waals surface area contributed by atoms with E-state index in [0.717, 1.165) is 5.52 Å². The van der Waals surface area contributed by atoms with E-state index in [1.54, 1.807) is 20.3 Å². The highest BCUT2D eigenvalue weighted by Crippen LogP contribution is 2.27. The molecule has 0 fully saturated rings. The zero-order chi connectivity index (χ0) is 13.3. The van der Waals surface area contributed by atoms with Crippen molar-refractivity contribution in [2.45, 2.75) is 19.4 Å². The molecule has 98 valence electrons. The minimum atomic E-state index is -0.326. The summed E-state index contributed by atoms with van der Waals surface area (Å²) in [5.41, 5.74) is 7.10. The number of anilines is 1. The predicted molar refractivity (Wildman–Crippen MR) is 69.7 cm³/mol. The van der Waals surface area contributed by atoms with E-state index < -0.39 is 0 Å². The number of imidazole rings is 1. The molecule has 6 nitrogen and oxygen atoms in total. The summed E-state index contributed by atoms with van der Waals surface area (Å²) >= 11 is 0. The van der Waals surface area contributed by atoms with E-state index in [-0.39, 0.29) is 5.54 Å². The van der Waals surface area contributed by atoms with Gasteiger partial charge in [0.05, 0.1) is 19.3 Å². The highest BCUT2D eigenvalue weighted by atomic mass is 16.5. The lowest BCUT2D eigenvalue weighted by Gasteiger charge is -2.26. The van der Waals surface area contributed by atoms with Crippen molar-refractivity contribution in [3.05, 3.63) is 12.1 Å². The van der Waals surface area contributed by atoms with Crippen LogP contribution in [0.5, 0.6) is 5.88 Å². The van der Waals surface area contributed by atoms with E-state index >= 15 is 0 Å². The van der Waals surface area contributed by atoms with Crippen molar-refractivity contribution in [3.8, 4) is 5.88 Å². The van der Waals surface area contributed by atoms with Gasteiger partial charge in [0, 0.05) is 13.2 Å². The lowest BCUT2D eigenvalue weighted by Crippen LogP contribution is -2.32. The number of hydrogen-bond acceptors (Lipinski definition) is 5. The molecular weight excluding hydrogens is 232 g/mol. The normalized spacial score (nSPS) is 12.0. The lowest BCUT2D eigenvalue weighted by molar-refractivity contribution is 0.113. The summed E-state index contributed by atoms with van der Waals surface area (Å²) in [4.78, 5) is 8.71. The van der Waals surface area contributed by atoms with Crippen LogP contribution >= 0.6 is 0 Å². The number of nitrogen functional groups attached to an aromatic ring is 1. The number of methoxy groups -OCH3 is 2. The van der Waals surface area contributed by atoms with Gasteiger partial charge in [0.25, 0.3) is 0 Å². The molecule has 0 aliphatic heterocycles. The molecule has 0 amide bonds. The average Bonchev–Trinajstić information content (AvgIpc) is 2.64. The molecule has 2 rings (SSSR count). The SMILES string of the molecule is COCC(C)(C)n1c(N)nc2ccc(OC)nc21. The van der Waals surface area contributed by atoms with Crippen molar-refractivity contribution in [2.24, 2.45) is 0 Å². The van der Waals surface area contributed by atoms with Gasteiger partial charge in [-0.15, -0.1) is 0 Å². The number of nitrogens with two attached hydrogens (primary N) is 1. The smallest absolute Gasteiger partial charge is 0.215 e. The quantitative estimate of drug-likeness (QED) is 0.887. The fourth-order valence-electron chi connectivity index (χ4n) is 2.09. The van der Waals surface area contributed by atoms with Gasteiger partial charge in [-0.25, -0.2) is 4.98 Å². The van der Waals surface area contributed by atoms with Crippen LogP contribution in [-0.4, -0.2) is 35.4 Å². The lowest BCUT2D eigenvalue weighted by atomic mass is 10.1. The van der Waals surface area contributed by atoms with Crippen LogP contribution in [0, 0.1) is 0 Å². The first-order chi connectivity index (χ1) is 8.49. The summed E-state index contributed by atoms with van der Waals surface area (Å²) in [7, 11) is 3.24. The first-order valence-corrected chi connectivity index (χ1v) is 5.68. The molecule has 0 aliphatic carbocycles. The topological polar surface area (TPSA) is 75.2 Å². The van der Waals surface area contributed by atoms with Gasteiger partial charge >= 0.3 is 0 Å². The predicted octanol–water partition coefficient (Wildman–Crippen LogP) is 1.40. The molecule has 0 unspecified atom stereocenters. The maximum absolute atomic E-state index is 5.98. The molecule has 0 saturated carbocycles. The van der Waals surface area contributed by atoms with Crippen molar-refractivity contribution in [1.82, 2.24) is 14.5 Å². The average molecular weight is 250 g/mol. The van der Waals surface area contributed by atoms with Gasteiger partial charge in [0.2, 0.25) is 11.8 Å². The molecule has 6 heteroatoms. The third-order valence-electron chi connectivity index (χ3n) is 2.82. The van der Waals surface area contributed by atoms with Crippen LogP contribution in [0.3, 0.4) is 0 Å². The molecule has 2 aromatic rings.